The molecule has 0 bridgehead atoms. The summed E-state index contributed by atoms with van der Waals surface area (Å²) in [4.78, 5) is 0. The highest BCUT2D eigenvalue weighted by Gasteiger charge is 2.04. The van der Waals surface area contributed by atoms with Crippen LogP contribution in [0.2, 0.25) is 0 Å². The van der Waals surface area contributed by atoms with Crippen LogP contribution in [-0.2, 0) is 19.4 Å². The second-order valence-corrected chi connectivity index (χ2v) is 11.3. The van der Waals surface area contributed by atoms with Gasteiger partial charge in [-0.05, 0) is 50.7 Å². The lowest BCUT2D eigenvalue weighted by Gasteiger charge is -2.04. The third-order valence-corrected chi connectivity index (χ3v) is 7.76. The number of aliphatic hydroxyl groups is 1. The van der Waals surface area contributed by atoms with Crippen molar-refractivity contribution in [3.8, 4) is 0 Å². The van der Waals surface area contributed by atoms with Crippen molar-refractivity contribution in [3.05, 3.63) is 65.4 Å². The van der Waals surface area contributed by atoms with E-state index in [1.165, 1.54) is 134 Å². The predicted octanol–water partition coefficient (Wildman–Crippen LogP) is 8.19. The Labute approximate surface area is 234 Å². The molecular weight excluding hydrogens is 468 g/mol. The van der Waals surface area contributed by atoms with Gasteiger partial charge in [-0.25, -0.2) is 4.57 Å². The maximum absolute atomic E-state index is 11.3. The first-order chi connectivity index (χ1) is 18.8. The van der Waals surface area contributed by atoms with Crippen LogP contribution in [0.25, 0.3) is 0 Å². The van der Waals surface area contributed by atoms with Gasteiger partial charge < -0.3 is 10.3 Å². The number of aromatic nitrogens is 2. The summed E-state index contributed by atoms with van der Waals surface area (Å²) >= 11 is 0. The van der Waals surface area contributed by atoms with Gasteiger partial charge in [0.2, 0.25) is 0 Å². The number of aliphatic hydroxyl groups excluding tert-OH is 1. The summed E-state index contributed by atoms with van der Waals surface area (Å²) in [5, 5.41) is 20.1. The van der Waals surface area contributed by atoms with E-state index in [2.05, 4.69) is 35.2 Å². The first-order valence-electron chi connectivity index (χ1n) is 16.0. The lowest BCUT2D eigenvalue weighted by molar-refractivity contribution is -0.697. The molecule has 1 N–H and O–H groups in total. The molecule has 2 heterocycles. The van der Waals surface area contributed by atoms with Crippen LogP contribution in [-0.4, -0.2) is 11.7 Å². The molecule has 4 heteroatoms. The first-order valence-corrected chi connectivity index (χ1v) is 16.0. The largest absolute Gasteiger partial charge is 0.619 e. The lowest BCUT2D eigenvalue weighted by atomic mass is 10.0. The van der Waals surface area contributed by atoms with Crippen LogP contribution < -0.4 is 9.30 Å². The Morgan fingerprint density at radius 2 is 0.921 bits per heavy atom. The van der Waals surface area contributed by atoms with Crippen molar-refractivity contribution in [2.75, 3.05) is 6.61 Å². The number of hydrogen-bond acceptors (Lipinski definition) is 2. The SMILES string of the molecule is [O-][n+]1cccc(CCCCCCCCCCCC[n+]2cccc(CCCCCCCCCCCCO)c2)c1. The fourth-order valence-corrected chi connectivity index (χ4v) is 5.40. The Morgan fingerprint density at radius 1 is 0.500 bits per heavy atom. The maximum atomic E-state index is 11.3. The molecule has 0 atom stereocenters. The fraction of sp³-hybridized carbons (Fsp3) is 0.706. The summed E-state index contributed by atoms with van der Waals surface area (Å²) in [6, 6.07) is 8.42. The minimum absolute atomic E-state index is 0.354. The summed E-state index contributed by atoms with van der Waals surface area (Å²) in [5.41, 5.74) is 2.65. The van der Waals surface area contributed by atoms with E-state index in [-0.39, 0.29) is 0 Å². The molecule has 2 aromatic heterocycles. The third-order valence-electron chi connectivity index (χ3n) is 7.76. The van der Waals surface area contributed by atoms with E-state index in [4.69, 9.17) is 5.11 Å². The molecule has 0 radical (unpaired) electrons. The fourth-order valence-electron chi connectivity index (χ4n) is 5.40. The average Bonchev–Trinajstić information content (AvgIpc) is 2.92. The van der Waals surface area contributed by atoms with Gasteiger partial charge in [-0.15, -0.1) is 0 Å². The summed E-state index contributed by atoms with van der Waals surface area (Å²) in [7, 11) is 0. The molecule has 0 aliphatic carbocycles. The number of hydrogen-bond donors (Lipinski definition) is 1. The molecule has 0 unspecified atom stereocenters. The standard InChI is InChI=1S/C34H57N2O2/c37-30-20-16-12-8-4-2-6-9-13-17-23-33-25-21-28-35(31-33)27-19-15-11-7-3-1-5-10-14-18-24-34-26-22-29-36(38)32-34/h21-22,25-26,28-29,31-32,37H,1-20,23-24,27,30H2/q+1. The number of rotatable bonds is 25. The van der Waals surface area contributed by atoms with E-state index in [1.807, 2.05) is 6.07 Å². The molecule has 0 aliphatic rings. The lowest BCUT2D eigenvalue weighted by Crippen LogP contribution is -2.33. The van der Waals surface area contributed by atoms with Crippen molar-refractivity contribution in [1.29, 1.82) is 0 Å². The van der Waals surface area contributed by atoms with Crippen LogP contribution >= 0.6 is 0 Å². The minimum atomic E-state index is 0.354. The van der Waals surface area contributed by atoms with Gasteiger partial charge in [-0.1, -0.05) is 96.3 Å². The minimum Gasteiger partial charge on any atom is -0.619 e. The zero-order chi connectivity index (χ0) is 26.9. The molecule has 0 saturated heterocycles. The van der Waals surface area contributed by atoms with E-state index < -0.39 is 0 Å². The summed E-state index contributed by atoms with van der Waals surface area (Å²) in [5.74, 6) is 0. The monoisotopic (exact) mass is 525 g/mol. The molecular formula is C34H57N2O2+. The van der Waals surface area contributed by atoms with E-state index in [9.17, 15) is 5.21 Å². The highest BCUT2D eigenvalue weighted by molar-refractivity contribution is 5.05. The molecule has 0 aliphatic heterocycles. The van der Waals surface area contributed by atoms with Crippen LogP contribution in [0.1, 0.15) is 140 Å². The van der Waals surface area contributed by atoms with Crippen molar-refractivity contribution in [2.45, 2.75) is 148 Å². The van der Waals surface area contributed by atoms with E-state index >= 15 is 0 Å². The van der Waals surface area contributed by atoms with Crippen molar-refractivity contribution < 1.29 is 14.4 Å². The Balaban J connectivity index is 1.36. The van der Waals surface area contributed by atoms with Crippen molar-refractivity contribution in [2.24, 2.45) is 0 Å². The van der Waals surface area contributed by atoms with Gasteiger partial charge in [0.05, 0.1) is 0 Å². The Hall–Kier alpha value is -1.94. The van der Waals surface area contributed by atoms with Crippen molar-refractivity contribution >= 4 is 0 Å². The van der Waals surface area contributed by atoms with Gasteiger partial charge in [0.15, 0.2) is 24.8 Å². The van der Waals surface area contributed by atoms with Crippen LogP contribution in [0.3, 0.4) is 0 Å². The Kier molecular flexibility index (Phi) is 19.5. The quantitative estimate of drug-likeness (QED) is 0.0807. The third kappa shape index (κ3) is 17.5. The number of nitrogens with zero attached hydrogens (tertiary/aromatic N) is 2. The molecule has 0 saturated carbocycles. The zero-order valence-corrected chi connectivity index (χ0v) is 24.3. The van der Waals surface area contributed by atoms with Gasteiger partial charge in [0.1, 0.15) is 6.54 Å². The maximum Gasteiger partial charge on any atom is 0.183 e. The smallest absolute Gasteiger partial charge is 0.183 e. The zero-order valence-electron chi connectivity index (χ0n) is 24.3. The molecule has 0 spiro atoms. The molecule has 4 nitrogen and oxygen atoms in total. The Morgan fingerprint density at radius 3 is 1.42 bits per heavy atom. The second-order valence-electron chi connectivity index (χ2n) is 11.3. The second kappa shape index (κ2) is 23.0. The number of aryl methyl sites for hydroxylation is 3. The normalized spacial score (nSPS) is 11.3. The van der Waals surface area contributed by atoms with Crippen molar-refractivity contribution in [1.82, 2.24) is 0 Å². The van der Waals surface area contributed by atoms with Crippen LogP contribution in [0.15, 0.2) is 49.1 Å². The van der Waals surface area contributed by atoms with E-state index in [0.29, 0.717) is 6.61 Å². The van der Waals surface area contributed by atoms with Gasteiger partial charge in [-0.2, -0.15) is 4.73 Å². The Bertz CT molecular complexity index is 811. The first kappa shape index (κ1) is 32.3. The molecule has 2 rings (SSSR count). The molecule has 38 heavy (non-hydrogen) atoms. The van der Waals surface area contributed by atoms with Crippen LogP contribution in [0.5, 0.6) is 0 Å². The molecule has 0 amide bonds. The highest BCUT2D eigenvalue weighted by atomic mass is 16.5. The van der Waals surface area contributed by atoms with Gasteiger partial charge in [0.25, 0.3) is 0 Å². The van der Waals surface area contributed by atoms with Gasteiger partial charge >= 0.3 is 0 Å². The molecule has 2 aromatic rings. The molecule has 214 valence electrons. The predicted molar refractivity (Wildman–Crippen MR) is 159 cm³/mol. The van der Waals surface area contributed by atoms with E-state index in [0.717, 1.165) is 29.7 Å². The van der Waals surface area contributed by atoms with Gasteiger partial charge in [-0.3, -0.25) is 0 Å². The highest BCUT2D eigenvalue weighted by Crippen LogP contribution is 2.13. The summed E-state index contributed by atoms with van der Waals surface area (Å²) in [6.45, 7) is 1.51. The topological polar surface area (TPSA) is 51.0 Å². The summed E-state index contributed by atoms with van der Waals surface area (Å²) < 4.78 is 3.31. The van der Waals surface area contributed by atoms with Crippen molar-refractivity contribution in [3.63, 3.8) is 0 Å². The van der Waals surface area contributed by atoms with E-state index in [1.54, 1.807) is 12.4 Å². The molecule has 0 aromatic carbocycles. The molecule has 0 fully saturated rings. The number of pyridine rings is 2. The summed E-state index contributed by atoms with van der Waals surface area (Å²) in [6.07, 6.45) is 36.3. The van der Waals surface area contributed by atoms with Crippen LogP contribution in [0, 0.1) is 5.21 Å². The number of unbranched alkanes of at least 4 members (excludes halogenated alkanes) is 18. The average molecular weight is 526 g/mol. The van der Waals surface area contributed by atoms with Crippen LogP contribution in [0.4, 0.5) is 0 Å². The van der Waals surface area contributed by atoms with Gasteiger partial charge in [0, 0.05) is 36.3 Å².